The van der Waals surface area contributed by atoms with E-state index in [0.29, 0.717) is 25.6 Å². The summed E-state index contributed by atoms with van der Waals surface area (Å²) in [5.41, 5.74) is 2.22. The van der Waals surface area contributed by atoms with Gasteiger partial charge in [0.25, 0.3) is 10.2 Å². The van der Waals surface area contributed by atoms with Crippen LogP contribution in [0.1, 0.15) is 30.9 Å². The van der Waals surface area contributed by atoms with Crippen LogP contribution in [-0.2, 0) is 28.0 Å². The molecule has 2 aliphatic heterocycles. The lowest BCUT2D eigenvalue weighted by molar-refractivity contribution is 0.0341. The fourth-order valence-electron chi connectivity index (χ4n) is 3.51. The van der Waals surface area contributed by atoms with Gasteiger partial charge in [-0.25, -0.2) is 0 Å². The second-order valence-corrected chi connectivity index (χ2v) is 8.84. The van der Waals surface area contributed by atoms with Gasteiger partial charge < -0.3 is 4.74 Å². The molecule has 1 aromatic rings. The fourth-order valence-corrected chi connectivity index (χ4v) is 4.85. The molecule has 1 atom stereocenters. The number of piperidine rings is 1. The molecule has 0 saturated carbocycles. The lowest BCUT2D eigenvalue weighted by Crippen LogP contribution is -2.45. The van der Waals surface area contributed by atoms with Crippen LogP contribution in [0, 0.1) is 5.92 Å². The minimum absolute atomic E-state index is 0.341. The average Bonchev–Trinajstić information content (AvgIpc) is 2.62. The number of nitrogens with zero attached hydrogens (tertiary/aromatic N) is 2. The summed E-state index contributed by atoms with van der Waals surface area (Å²) in [6.07, 6.45) is 2.05. The molecule has 140 valence electrons. The molecular formula is C18H29N3O3S. The largest absolute Gasteiger partial charge is 0.379 e. The number of hydrogen-bond acceptors (Lipinski definition) is 4. The maximum atomic E-state index is 12.6. The molecule has 7 heteroatoms. The molecule has 3 rings (SSSR count). The normalized spacial score (nSPS) is 23.6. The van der Waals surface area contributed by atoms with E-state index in [1.165, 1.54) is 5.56 Å². The van der Waals surface area contributed by atoms with Crippen molar-refractivity contribution < 1.29 is 13.2 Å². The Bertz CT molecular complexity index is 659. The molecule has 0 bridgehead atoms. The monoisotopic (exact) mass is 367 g/mol. The van der Waals surface area contributed by atoms with Crippen LogP contribution >= 0.6 is 0 Å². The highest BCUT2D eigenvalue weighted by Crippen LogP contribution is 2.18. The molecular weight excluding hydrogens is 338 g/mol. The zero-order valence-electron chi connectivity index (χ0n) is 15.0. The van der Waals surface area contributed by atoms with E-state index >= 15 is 0 Å². The van der Waals surface area contributed by atoms with Gasteiger partial charge in [-0.3, -0.25) is 4.90 Å². The van der Waals surface area contributed by atoms with E-state index < -0.39 is 10.2 Å². The Morgan fingerprint density at radius 1 is 1.16 bits per heavy atom. The lowest BCUT2D eigenvalue weighted by atomic mass is 10.0. The highest BCUT2D eigenvalue weighted by atomic mass is 32.2. The van der Waals surface area contributed by atoms with Crippen molar-refractivity contribution in [2.75, 3.05) is 39.4 Å². The van der Waals surface area contributed by atoms with Crippen molar-refractivity contribution in [1.82, 2.24) is 13.9 Å². The van der Waals surface area contributed by atoms with E-state index in [1.54, 1.807) is 4.31 Å². The summed E-state index contributed by atoms with van der Waals surface area (Å²) in [7, 11) is -3.41. The quantitative estimate of drug-likeness (QED) is 0.829. The van der Waals surface area contributed by atoms with Crippen molar-refractivity contribution in [3.8, 4) is 0 Å². The van der Waals surface area contributed by atoms with E-state index in [4.69, 9.17) is 4.74 Å². The van der Waals surface area contributed by atoms with Gasteiger partial charge in [0.15, 0.2) is 0 Å². The summed E-state index contributed by atoms with van der Waals surface area (Å²) < 4.78 is 35.0. The summed E-state index contributed by atoms with van der Waals surface area (Å²) in [5.74, 6) is 0.430. The number of ether oxygens (including phenoxy) is 1. The zero-order valence-corrected chi connectivity index (χ0v) is 15.8. The molecule has 2 fully saturated rings. The first-order chi connectivity index (χ1) is 12.0. The van der Waals surface area contributed by atoms with Crippen LogP contribution in [0.15, 0.2) is 24.3 Å². The van der Waals surface area contributed by atoms with Crippen LogP contribution in [0.3, 0.4) is 0 Å². The molecule has 0 aromatic heterocycles. The van der Waals surface area contributed by atoms with Crippen molar-refractivity contribution in [1.29, 1.82) is 0 Å². The third-order valence-electron chi connectivity index (χ3n) is 5.02. The molecule has 1 unspecified atom stereocenters. The third-order valence-corrected chi connectivity index (χ3v) is 6.54. The molecule has 1 aromatic carbocycles. The molecule has 1 N–H and O–H groups in total. The van der Waals surface area contributed by atoms with E-state index in [-0.39, 0.29) is 0 Å². The Kier molecular flexibility index (Phi) is 6.46. The Balaban J connectivity index is 1.62. The number of rotatable bonds is 6. The number of hydrogen-bond donors (Lipinski definition) is 1. The molecule has 25 heavy (non-hydrogen) atoms. The summed E-state index contributed by atoms with van der Waals surface area (Å²) in [4.78, 5) is 2.35. The molecule has 6 nitrogen and oxygen atoms in total. The van der Waals surface area contributed by atoms with Gasteiger partial charge >= 0.3 is 0 Å². The first kappa shape index (κ1) is 18.8. The van der Waals surface area contributed by atoms with Crippen LogP contribution in [0.5, 0.6) is 0 Å². The summed E-state index contributed by atoms with van der Waals surface area (Å²) in [6, 6.07) is 8.08. The van der Waals surface area contributed by atoms with Gasteiger partial charge in [-0.2, -0.15) is 17.4 Å². The second-order valence-electron chi connectivity index (χ2n) is 7.09. The van der Waals surface area contributed by atoms with Crippen LogP contribution < -0.4 is 4.72 Å². The van der Waals surface area contributed by atoms with Crippen molar-refractivity contribution in [2.24, 2.45) is 5.92 Å². The van der Waals surface area contributed by atoms with Gasteiger partial charge in [-0.1, -0.05) is 31.2 Å². The maximum Gasteiger partial charge on any atom is 0.279 e. The standard InChI is InChI=1S/C18H29N3O3S/c1-16-5-4-8-21(14-16)25(22,23)19-13-17-6-2-3-7-18(17)15-20-9-11-24-12-10-20/h2-3,6-7,16,19H,4-5,8-15H2,1H3. The molecule has 2 aliphatic rings. The molecule has 2 heterocycles. The Morgan fingerprint density at radius 2 is 1.88 bits per heavy atom. The maximum absolute atomic E-state index is 12.6. The smallest absolute Gasteiger partial charge is 0.279 e. The molecule has 0 spiro atoms. The predicted molar refractivity (Wildman–Crippen MR) is 98.3 cm³/mol. The van der Waals surface area contributed by atoms with Gasteiger partial charge in [-0.15, -0.1) is 0 Å². The van der Waals surface area contributed by atoms with Gasteiger partial charge in [0.2, 0.25) is 0 Å². The van der Waals surface area contributed by atoms with Gasteiger partial charge in [0.1, 0.15) is 0 Å². The summed E-state index contributed by atoms with van der Waals surface area (Å²) in [5, 5.41) is 0. The van der Waals surface area contributed by atoms with Crippen molar-refractivity contribution in [3.05, 3.63) is 35.4 Å². The fraction of sp³-hybridized carbons (Fsp3) is 0.667. The van der Waals surface area contributed by atoms with Crippen molar-refractivity contribution in [3.63, 3.8) is 0 Å². The minimum Gasteiger partial charge on any atom is -0.379 e. The molecule has 0 amide bonds. The summed E-state index contributed by atoms with van der Waals surface area (Å²) >= 11 is 0. The van der Waals surface area contributed by atoms with Crippen molar-refractivity contribution >= 4 is 10.2 Å². The first-order valence-corrected chi connectivity index (χ1v) is 10.6. The Hall–Kier alpha value is -0.990. The molecule has 0 aliphatic carbocycles. The minimum atomic E-state index is -3.41. The lowest BCUT2D eigenvalue weighted by Gasteiger charge is -2.30. The van der Waals surface area contributed by atoms with Crippen LogP contribution in [0.2, 0.25) is 0 Å². The average molecular weight is 368 g/mol. The summed E-state index contributed by atoms with van der Waals surface area (Å²) in [6.45, 7) is 7.90. The van der Waals surface area contributed by atoms with Crippen LogP contribution in [-0.4, -0.2) is 57.0 Å². The van der Waals surface area contributed by atoms with E-state index in [9.17, 15) is 8.42 Å². The van der Waals surface area contributed by atoms with Crippen LogP contribution in [0.4, 0.5) is 0 Å². The highest BCUT2D eigenvalue weighted by molar-refractivity contribution is 7.87. The van der Waals surface area contributed by atoms with Gasteiger partial charge in [0.05, 0.1) is 13.2 Å². The van der Waals surface area contributed by atoms with E-state index in [2.05, 4.69) is 22.6 Å². The number of benzene rings is 1. The van der Waals surface area contributed by atoms with Gasteiger partial charge in [0, 0.05) is 39.3 Å². The highest BCUT2D eigenvalue weighted by Gasteiger charge is 2.26. The predicted octanol–water partition coefficient (Wildman–Crippen LogP) is 1.59. The van der Waals surface area contributed by atoms with Crippen molar-refractivity contribution in [2.45, 2.75) is 32.9 Å². The third kappa shape index (κ3) is 5.24. The topological polar surface area (TPSA) is 61.9 Å². The van der Waals surface area contributed by atoms with E-state index in [1.807, 2.05) is 18.2 Å². The van der Waals surface area contributed by atoms with E-state index in [0.717, 1.165) is 51.3 Å². The Morgan fingerprint density at radius 3 is 2.60 bits per heavy atom. The molecule has 0 radical (unpaired) electrons. The van der Waals surface area contributed by atoms with Gasteiger partial charge in [-0.05, 0) is 29.9 Å². The zero-order chi connectivity index (χ0) is 17.7. The number of morpholine rings is 1. The van der Waals surface area contributed by atoms with Crippen LogP contribution in [0.25, 0.3) is 0 Å². The SMILES string of the molecule is CC1CCCN(S(=O)(=O)NCc2ccccc2CN2CCOCC2)C1. The second kappa shape index (κ2) is 8.60. The molecule has 2 saturated heterocycles. The Labute approximate surface area is 151 Å². The first-order valence-electron chi connectivity index (χ1n) is 9.16. The number of nitrogens with one attached hydrogen (secondary N) is 1.